The van der Waals surface area contributed by atoms with Crippen LogP contribution in [0.25, 0.3) is 16.2 Å². The van der Waals surface area contributed by atoms with Crippen molar-refractivity contribution in [1.29, 1.82) is 0 Å². The van der Waals surface area contributed by atoms with Crippen LogP contribution >= 0.6 is 22.9 Å². The molecule has 1 N–H and O–H groups in total. The Morgan fingerprint density at radius 2 is 1.91 bits per heavy atom. The first-order valence-corrected chi connectivity index (χ1v) is 11.2. The number of nitrogens with one attached hydrogen (secondary N) is 1. The summed E-state index contributed by atoms with van der Waals surface area (Å²) in [6.45, 7) is 0.113. The average molecular weight is 521 g/mol. The van der Waals surface area contributed by atoms with E-state index in [2.05, 4.69) is 20.5 Å². The van der Waals surface area contributed by atoms with Crippen molar-refractivity contribution < 1.29 is 22.4 Å². The van der Waals surface area contributed by atoms with E-state index in [1.807, 2.05) is 0 Å². The largest absolute Gasteiger partial charge is 0.433 e. The van der Waals surface area contributed by atoms with Crippen molar-refractivity contribution >= 4 is 40.3 Å². The van der Waals surface area contributed by atoms with Crippen molar-refractivity contribution in [1.82, 2.24) is 24.4 Å². The van der Waals surface area contributed by atoms with Gasteiger partial charge in [-0.25, -0.2) is 13.9 Å². The van der Waals surface area contributed by atoms with Gasteiger partial charge in [0.05, 0.1) is 17.1 Å². The third kappa shape index (κ3) is 4.49. The Labute approximate surface area is 203 Å². The Hall–Kier alpha value is -3.77. The Balaban J connectivity index is 1.46. The first-order chi connectivity index (χ1) is 16.7. The van der Waals surface area contributed by atoms with Crippen LogP contribution in [0.3, 0.4) is 0 Å². The molecule has 7 nitrogen and oxygen atoms in total. The second-order valence-electron chi connectivity index (χ2n) is 7.34. The van der Waals surface area contributed by atoms with Crippen molar-refractivity contribution in [3.05, 3.63) is 87.9 Å². The zero-order valence-electron chi connectivity index (χ0n) is 17.4. The zero-order valence-corrected chi connectivity index (χ0v) is 19.0. The van der Waals surface area contributed by atoms with E-state index < -0.39 is 29.3 Å². The summed E-state index contributed by atoms with van der Waals surface area (Å²) in [4.78, 5) is 17.5. The molecule has 35 heavy (non-hydrogen) atoms. The summed E-state index contributed by atoms with van der Waals surface area (Å²) in [5.74, 6) is -1.19. The number of alkyl halides is 3. The van der Waals surface area contributed by atoms with E-state index in [0.29, 0.717) is 15.0 Å². The molecule has 1 aromatic carbocycles. The molecule has 0 unspecified atom stereocenters. The fourth-order valence-corrected chi connectivity index (χ4v) is 4.31. The Bertz CT molecular complexity index is 1540. The Morgan fingerprint density at radius 3 is 2.63 bits per heavy atom. The third-order valence-corrected chi connectivity index (χ3v) is 6.22. The number of fused-ring (bicyclic) bond motifs is 1. The summed E-state index contributed by atoms with van der Waals surface area (Å²) in [5.41, 5.74) is -1.43. The molecule has 0 saturated heterocycles. The van der Waals surface area contributed by atoms with Gasteiger partial charge in [-0.15, -0.1) is 11.3 Å². The van der Waals surface area contributed by atoms with Crippen molar-refractivity contribution in [3.63, 3.8) is 0 Å². The number of amides is 1. The van der Waals surface area contributed by atoms with Crippen LogP contribution in [-0.2, 0) is 12.7 Å². The van der Waals surface area contributed by atoms with Crippen LogP contribution in [0.1, 0.15) is 21.7 Å². The van der Waals surface area contributed by atoms with Crippen LogP contribution in [0.4, 0.5) is 23.4 Å². The van der Waals surface area contributed by atoms with Crippen molar-refractivity contribution in [2.75, 3.05) is 5.32 Å². The second-order valence-corrected chi connectivity index (χ2v) is 8.67. The first kappa shape index (κ1) is 23.0. The highest BCUT2D eigenvalue weighted by Crippen LogP contribution is 2.35. The van der Waals surface area contributed by atoms with Gasteiger partial charge in [-0.1, -0.05) is 35.9 Å². The molecule has 0 fully saturated rings. The Morgan fingerprint density at radius 1 is 1.11 bits per heavy atom. The number of aromatic nitrogens is 5. The molecule has 13 heteroatoms. The lowest BCUT2D eigenvalue weighted by atomic mass is 10.2. The molecular formula is C22H13ClF4N6OS. The molecule has 4 heterocycles. The SMILES string of the molecule is O=C(Nc1ccn(Cc2ccccc2F)n1)c1nn2c(C(F)(F)F)cc(-c3cccs3)nc2c1Cl. The molecule has 0 aliphatic rings. The third-order valence-electron chi connectivity index (χ3n) is 4.98. The number of thiophene rings is 1. The predicted molar refractivity (Wildman–Crippen MR) is 122 cm³/mol. The van der Waals surface area contributed by atoms with Gasteiger partial charge in [0.15, 0.2) is 22.9 Å². The van der Waals surface area contributed by atoms with Crippen molar-refractivity contribution in [2.45, 2.75) is 12.7 Å². The molecule has 4 aromatic heterocycles. The van der Waals surface area contributed by atoms with E-state index in [4.69, 9.17) is 11.6 Å². The van der Waals surface area contributed by atoms with Crippen LogP contribution in [0.15, 0.2) is 60.1 Å². The highest BCUT2D eigenvalue weighted by Gasteiger charge is 2.37. The number of nitrogens with zero attached hydrogens (tertiary/aromatic N) is 5. The molecule has 0 radical (unpaired) electrons. The normalized spacial score (nSPS) is 11.8. The lowest BCUT2D eigenvalue weighted by molar-refractivity contribution is -0.142. The van der Waals surface area contributed by atoms with Gasteiger partial charge in [-0.3, -0.25) is 9.48 Å². The minimum absolute atomic E-state index is 0.0560. The van der Waals surface area contributed by atoms with Crippen LogP contribution in [0.2, 0.25) is 5.02 Å². The van der Waals surface area contributed by atoms with Crippen LogP contribution < -0.4 is 5.32 Å². The van der Waals surface area contributed by atoms with Gasteiger partial charge in [-0.2, -0.15) is 23.4 Å². The standard InChI is InChI=1S/C22H13ClF4N6OS/c23-18-19(21(34)29-17-7-8-32(30-17)11-12-4-1-2-5-13(12)24)31-33-16(22(25,26)27)10-14(28-20(18)33)15-6-3-9-35-15/h1-10H,11H2,(H,29,30,34). The number of benzene rings is 1. The van der Waals surface area contributed by atoms with Gasteiger partial charge >= 0.3 is 6.18 Å². The van der Waals surface area contributed by atoms with Crippen molar-refractivity contribution in [3.8, 4) is 10.6 Å². The lowest BCUT2D eigenvalue weighted by Gasteiger charge is -2.10. The average Bonchev–Trinajstić information content (AvgIpc) is 3.55. The Kier molecular flexibility index (Phi) is 5.77. The number of hydrogen-bond donors (Lipinski definition) is 1. The summed E-state index contributed by atoms with van der Waals surface area (Å²) in [6, 6.07) is 11.8. The molecule has 178 valence electrons. The maximum Gasteiger partial charge on any atom is 0.433 e. The van der Waals surface area contributed by atoms with E-state index in [0.717, 1.165) is 6.07 Å². The number of rotatable bonds is 5. The first-order valence-electron chi connectivity index (χ1n) is 9.99. The topological polar surface area (TPSA) is 77.1 Å². The number of anilines is 1. The van der Waals surface area contributed by atoms with Gasteiger partial charge in [0.1, 0.15) is 10.8 Å². The fraction of sp³-hybridized carbons (Fsp3) is 0.0909. The number of hydrogen-bond acceptors (Lipinski definition) is 5. The van der Waals surface area contributed by atoms with E-state index in [1.54, 1.807) is 35.7 Å². The maximum atomic E-state index is 13.9. The summed E-state index contributed by atoms with van der Waals surface area (Å²) >= 11 is 7.48. The molecule has 0 aliphatic heterocycles. The smallest absolute Gasteiger partial charge is 0.304 e. The molecule has 5 aromatic rings. The molecule has 0 saturated carbocycles. The summed E-state index contributed by atoms with van der Waals surface area (Å²) in [5, 5.41) is 11.8. The summed E-state index contributed by atoms with van der Waals surface area (Å²) in [6.07, 6.45) is -3.26. The maximum absolute atomic E-state index is 13.9. The monoisotopic (exact) mass is 520 g/mol. The lowest BCUT2D eigenvalue weighted by Crippen LogP contribution is -2.16. The van der Waals surface area contributed by atoms with Gasteiger partial charge in [-0.05, 0) is 23.6 Å². The van der Waals surface area contributed by atoms with E-state index in [1.165, 1.54) is 34.3 Å². The molecule has 5 rings (SSSR count). The fourth-order valence-electron chi connectivity index (χ4n) is 3.38. The number of carbonyl (C=O) groups excluding carboxylic acids is 1. The minimum Gasteiger partial charge on any atom is -0.304 e. The van der Waals surface area contributed by atoms with Gasteiger partial charge in [0.25, 0.3) is 5.91 Å². The number of halogens is 5. The van der Waals surface area contributed by atoms with Crippen molar-refractivity contribution in [2.24, 2.45) is 0 Å². The zero-order chi connectivity index (χ0) is 24.7. The van der Waals surface area contributed by atoms with E-state index in [-0.39, 0.29) is 28.7 Å². The molecule has 0 bridgehead atoms. The van der Waals surface area contributed by atoms with E-state index >= 15 is 0 Å². The van der Waals surface area contributed by atoms with Gasteiger partial charge in [0.2, 0.25) is 0 Å². The quantitative estimate of drug-likeness (QED) is 0.299. The van der Waals surface area contributed by atoms with Crippen LogP contribution in [0.5, 0.6) is 0 Å². The van der Waals surface area contributed by atoms with E-state index in [9.17, 15) is 22.4 Å². The van der Waals surface area contributed by atoms with Crippen LogP contribution in [-0.4, -0.2) is 30.3 Å². The minimum atomic E-state index is -4.78. The highest BCUT2D eigenvalue weighted by atomic mass is 35.5. The molecule has 0 atom stereocenters. The van der Waals surface area contributed by atoms with Gasteiger partial charge < -0.3 is 5.32 Å². The highest BCUT2D eigenvalue weighted by molar-refractivity contribution is 7.13. The molecule has 0 aliphatic carbocycles. The summed E-state index contributed by atoms with van der Waals surface area (Å²) < 4.78 is 57.1. The number of carbonyl (C=O) groups is 1. The molecule has 1 amide bonds. The summed E-state index contributed by atoms with van der Waals surface area (Å²) in [7, 11) is 0. The van der Waals surface area contributed by atoms with Gasteiger partial charge in [0, 0.05) is 17.8 Å². The molecule has 0 spiro atoms. The molecular weight excluding hydrogens is 508 g/mol. The second kappa shape index (κ2) is 8.78. The van der Waals surface area contributed by atoms with Crippen LogP contribution in [0, 0.1) is 5.82 Å². The predicted octanol–water partition coefficient (Wildman–Crippen LogP) is 5.77.